The van der Waals surface area contributed by atoms with E-state index in [1.807, 2.05) is 0 Å². The molecular weight excluding hydrogens is 612 g/mol. The van der Waals surface area contributed by atoms with Gasteiger partial charge < -0.3 is 20.3 Å². The second-order valence-corrected chi connectivity index (χ2v) is 9.45. The first-order valence-electron chi connectivity index (χ1n) is 12.4. The standard InChI is InChI=1S/C30H19ClF4N2O7/c31-17-3-1-2-15(10-17)27(40)36-24-8-5-19(11-16(24)12-26(38)39)44-20-6-9-25(22(14-20)29(42)43)37(30(34)35)28(41)21-7-4-18(32)13-23(21)33/h1-11,13-14,30H,12H2,(H,36,40)(H,38,39)(H,42,43). The molecule has 0 saturated heterocycles. The fourth-order valence-corrected chi connectivity index (χ4v) is 4.27. The summed E-state index contributed by atoms with van der Waals surface area (Å²) >= 11 is 5.92. The number of ether oxygens (including phenoxy) is 1. The van der Waals surface area contributed by atoms with Gasteiger partial charge in [0.2, 0.25) is 0 Å². The minimum absolute atomic E-state index is 0.0127. The maximum absolute atomic E-state index is 14.2. The second-order valence-electron chi connectivity index (χ2n) is 9.02. The number of nitrogens with zero attached hydrogens (tertiary/aromatic N) is 1. The number of carboxylic acid groups (broad SMARTS) is 2. The van der Waals surface area contributed by atoms with Gasteiger partial charge in [-0.25, -0.2) is 18.5 Å². The van der Waals surface area contributed by atoms with Crippen LogP contribution in [0.5, 0.6) is 11.5 Å². The lowest BCUT2D eigenvalue weighted by Gasteiger charge is -2.24. The average molecular weight is 631 g/mol. The molecule has 0 atom stereocenters. The van der Waals surface area contributed by atoms with Crippen LogP contribution in [-0.4, -0.2) is 40.5 Å². The number of rotatable bonds is 10. The zero-order valence-corrected chi connectivity index (χ0v) is 22.8. The van der Waals surface area contributed by atoms with Gasteiger partial charge in [-0.2, -0.15) is 8.78 Å². The van der Waals surface area contributed by atoms with Crippen molar-refractivity contribution in [2.45, 2.75) is 13.0 Å². The minimum Gasteiger partial charge on any atom is -0.481 e. The van der Waals surface area contributed by atoms with Crippen LogP contribution in [-0.2, 0) is 11.2 Å². The Morgan fingerprint density at radius 1 is 0.864 bits per heavy atom. The van der Waals surface area contributed by atoms with Crippen molar-refractivity contribution in [2.75, 3.05) is 10.2 Å². The summed E-state index contributed by atoms with van der Waals surface area (Å²) in [4.78, 5) is 48.7. The SMILES string of the molecule is O=C(O)Cc1cc(Oc2ccc(N(C(=O)c3ccc(F)cc3F)C(F)F)c(C(=O)O)c2)ccc1NC(=O)c1cccc(Cl)c1. The molecule has 0 saturated carbocycles. The van der Waals surface area contributed by atoms with Crippen molar-refractivity contribution >= 4 is 46.7 Å². The molecule has 0 aliphatic heterocycles. The Morgan fingerprint density at radius 3 is 2.20 bits per heavy atom. The fraction of sp³-hybridized carbons (Fsp3) is 0.0667. The van der Waals surface area contributed by atoms with Gasteiger partial charge in [-0.3, -0.25) is 14.4 Å². The lowest BCUT2D eigenvalue weighted by Crippen LogP contribution is -2.37. The summed E-state index contributed by atoms with van der Waals surface area (Å²) < 4.78 is 61.2. The van der Waals surface area contributed by atoms with Crippen LogP contribution in [0.1, 0.15) is 36.6 Å². The van der Waals surface area contributed by atoms with Crippen LogP contribution in [0.25, 0.3) is 0 Å². The molecule has 4 aromatic carbocycles. The number of carbonyl (C=O) groups is 4. The molecule has 0 unspecified atom stereocenters. The van der Waals surface area contributed by atoms with Gasteiger partial charge in [0.05, 0.1) is 23.2 Å². The van der Waals surface area contributed by atoms with E-state index < -0.39 is 65.2 Å². The first-order valence-corrected chi connectivity index (χ1v) is 12.8. The van der Waals surface area contributed by atoms with Gasteiger partial charge in [0.25, 0.3) is 11.8 Å². The molecule has 0 radical (unpaired) electrons. The summed E-state index contributed by atoms with van der Waals surface area (Å²) in [7, 11) is 0. The molecule has 0 spiro atoms. The fourth-order valence-electron chi connectivity index (χ4n) is 4.08. The zero-order chi connectivity index (χ0) is 32.1. The van der Waals surface area contributed by atoms with Crippen molar-refractivity contribution in [3.63, 3.8) is 0 Å². The molecule has 0 aliphatic carbocycles. The molecule has 4 aromatic rings. The third-order valence-corrected chi connectivity index (χ3v) is 6.26. The van der Waals surface area contributed by atoms with Crippen LogP contribution in [0, 0.1) is 11.6 Å². The van der Waals surface area contributed by atoms with E-state index in [-0.39, 0.29) is 33.2 Å². The summed E-state index contributed by atoms with van der Waals surface area (Å²) in [5.41, 5.74) is -2.11. The molecule has 0 bridgehead atoms. The van der Waals surface area contributed by atoms with Crippen molar-refractivity contribution in [2.24, 2.45) is 0 Å². The Bertz CT molecular complexity index is 1780. The van der Waals surface area contributed by atoms with Gasteiger partial charge >= 0.3 is 18.5 Å². The van der Waals surface area contributed by atoms with Crippen LogP contribution < -0.4 is 15.0 Å². The highest BCUT2D eigenvalue weighted by atomic mass is 35.5. The molecule has 0 aliphatic rings. The Labute approximate surface area is 250 Å². The van der Waals surface area contributed by atoms with Gasteiger partial charge in [-0.05, 0) is 72.3 Å². The monoisotopic (exact) mass is 630 g/mol. The van der Waals surface area contributed by atoms with Gasteiger partial charge in [-0.1, -0.05) is 17.7 Å². The molecule has 9 nitrogen and oxygen atoms in total. The smallest absolute Gasteiger partial charge is 0.337 e. The van der Waals surface area contributed by atoms with E-state index in [1.54, 1.807) is 12.1 Å². The van der Waals surface area contributed by atoms with Crippen LogP contribution in [0.2, 0.25) is 5.02 Å². The molecule has 3 N–H and O–H groups in total. The number of carbonyl (C=O) groups excluding carboxylic acids is 2. The van der Waals surface area contributed by atoms with E-state index >= 15 is 0 Å². The highest BCUT2D eigenvalue weighted by Gasteiger charge is 2.31. The second kappa shape index (κ2) is 13.3. The molecule has 44 heavy (non-hydrogen) atoms. The van der Waals surface area contributed by atoms with E-state index in [9.17, 15) is 47.0 Å². The van der Waals surface area contributed by atoms with Crippen LogP contribution in [0.3, 0.4) is 0 Å². The topological polar surface area (TPSA) is 133 Å². The van der Waals surface area contributed by atoms with E-state index in [1.165, 1.54) is 30.3 Å². The molecule has 4 rings (SSSR count). The molecule has 2 amide bonds. The van der Waals surface area contributed by atoms with Crippen molar-refractivity contribution in [1.29, 1.82) is 0 Å². The third kappa shape index (κ3) is 7.31. The number of aromatic carboxylic acids is 1. The number of hydrogen-bond acceptors (Lipinski definition) is 5. The minimum atomic E-state index is -3.62. The van der Waals surface area contributed by atoms with E-state index in [2.05, 4.69) is 5.32 Å². The first-order chi connectivity index (χ1) is 20.8. The Hall–Kier alpha value is -5.43. The predicted molar refractivity (Wildman–Crippen MR) is 150 cm³/mol. The summed E-state index contributed by atoms with van der Waals surface area (Å²) in [6.07, 6.45) is -0.549. The maximum Gasteiger partial charge on any atom is 0.337 e. The summed E-state index contributed by atoms with van der Waals surface area (Å²) in [5.74, 6) is -7.89. The number of nitrogens with one attached hydrogen (secondary N) is 1. The van der Waals surface area contributed by atoms with Crippen molar-refractivity contribution in [3.05, 3.63) is 118 Å². The maximum atomic E-state index is 14.2. The van der Waals surface area contributed by atoms with Gasteiger partial charge in [0.1, 0.15) is 23.1 Å². The molecular formula is C30H19ClF4N2O7. The molecule has 14 heteroatoms. The van der Waals surface area contributed by atoms with E-state index in [4.69, 9.17) is 16.3 Å². The quantitative estimate of drug-likeness (QED) is 0.129. The summed E-state index contributed by atoms with van der Waals surface area (Å²) in [5, 5.41) is 22.0. The number of halogens is 5. The Balaban J connectivity index is 1.65. The third-order valence-electron chi connectivity index (χ3n) is 6.02. The van der Waals surface area contributed by atoms with E-state index in [0.29, 0.717) is 23.2 Å². The van der Waals surface area contributed by atoms with Crippen molar-refractivity contribution in [1.82, 2.24) is 0 Å². The average Bonchev–Trinajstić information content (AvgIpc) is 2.94. The number of aliphatic carboxylic acids is 1. The molecule has 0 heterocycles. The first kappa shape index (κ1) is 31.5. The zero-order valence-electron chi connectivity index (χ0n) is 22.1. The number of hydrogen-bond donors (Lipinski definition) is 3. The lowest BCUT2D eigenvalue weighted by atomic mass is 10.1. The van der Waals surface area contributed by atoms with Gasteiger partial charge in [0.15, 0.2) is 0 Å². The molecule has 0 fully saturated rings. The van der Waals surface area contributed by atoms with Gasteiger partial charge in [0, 0.05) is 22.3 Å². The summed E-state index contributed by atoms with van der Waals surface area (Å²) in [6.45, 7) is -3.62. The number of alkyl halides is 2. The normalized spacial score (nSPS) is 10.8. The highest BCUT2D eigenvalue weighted by molar-refractivity contribution is 6.31. The van der Waals surface area contributed by atoms with Crippen LogP contribution in [0.4, 0.5) is 28.9 Å². The molecule has 226 valence electrons. The number of carboxylic acids is 2. The Kier molecular flexibility index (Phi) is 9.49. The highest BCUT2D eigenvalue weighted by Crippen LogP contribution is 2.33. The van der Waals surface area contributed by atoms with E-state index in [0.717, 1.165) is 18.2 Å². The predicted octanol–water partition coefficient (Wildman–Crippen LogP) is 6.86. The lowest BCUT2D eigenvalue weighted by molar-refractivity contribution is -0.136. The number of benzene rings is 4. The molecule has 0 aromatic heterocycles. The number of amides is 2. The van der Waals surface area contributed by atoms with Crippen LogP contribution in [0.15, 0.2) is 78.9 Å². The van der Waals surface area contributed by atoms with Crippen molar-refractivity contribution in [3.8, 4) is 11.5 Å². The number of anilines is 2. The summed E-state index contributed by atoms with van der Waals surface area (Å²) in [6, 6.07) is 14.3. The Morgan fingerprint density at radius 2 is 1.57 bits per heavy atom. The van der Waals surface area contributed by atoms with Crippen LogP contribution >= 0.6 is 11.6 Å². The largest absolute Gasteiger partial charge is 0.481 e. The van der Waals surface area contributed by atoms with Gasteiger partial charge in [-0.15, -0.1) is 0 Å². The van der Waals surface area contributed by atoms with Crippen molar-refractivity contribution < 1.29 is 51.7 Å².